The summed E-state index contributed by atoms with van der Waals surface area (Å²) in [5.74, 6) is -0.605. The Balaban J connectivity index is 2.94. The number of amides is 2. The monoisotopic (exact) mass is 276 g/mol. The predicted molar refractivity (Wildman–Crippen MR) is 67.7 cm³/mol. The van der Waals surface area contributed by atoms with Gasteiger partial charge >= 0.3 is 0 Å². The maximum absolute atomic E-state index is 12.3. The highest BCUT2D eigenvalue weighted by molar-refractivity contribution is 7.90. The van der Waals surface area contributed by atoms with Crippen LogP contribution >= 0.6 is 0 Å². The first kappa shape index (κ1) is 14.9. The standard InChI is InChI=1S/C11H20N2O4S/c1-5-11(3)10(15)13(6-9(14)12-11)8(2)7-18(4,16)17/h8H,5-7H2,1-4H3,(H,12,14). The summed E-state index contributed by atoms with van der Waals surface area (Å²) in [4.78, 5) is 25.2. The minimum atomic E-state index is -3.18. The average Bonchev–Trinajstić information content (AvgIpc) is 2.20. The second kappa shape index (κ2) is 4.87. The predicted octanol–water partition coefficient (Wildman–Crippen LogP) is -0.453. The average molecular weight is 276 g/mol. The van der Waals surface area contributed by atoms with Crippen LogP contribution in [0.1, 0.15) is 27.2 Å². The van der Waals surface area contributed by atoms with Crippen molar-refractivity contribution in [3.05, 3.63) is 0 Å². The molecule has 0 bridgehead atoms. The highest BCUT2D eigenvalue weighted by Gasteiger charge is 2.43. The van der Waals surface area contributed by atoms with Gasteiger partial charge in [0.25, 0.3) is 0 Å². The van der Waals surface area contributed by atoms with Crippen molar-refractivity contribution in [2.24, 2.45) is 0 Å². The fraction of sp³-hybridized carbons (Fsp3) is 0.818. The summed E-state index contributed by atoms with van der Waals surface area (Å²) in [5.41, 5.74) is -0.929. The Kier molecular flexibility index (Phi) is 4.05. The van der Waals surface area contributed by atoms with Gasteiger partial charge in [-0.3, -0.25) is 9.59 Å². The number of rotatable bonds is 4. The number of sulfone groups is 1. The summed E-state index contributed by atoms with van der Waals surface area (Å²) in [6.45, 7) is 5.04. The van der Waals surface area contributed by atoms with Crippen LogP contribution in [0.25, 0.3) is 0 Å². The van der Waals surface area contributed by atoms with Crippen molar-refractivity contribution in [1.29, 1.82) is 0 Å². The molecule has 6 nitrogen and oxygen atoms in total. The molecule has 1 heterocycles. The zero-order chi connectivity index (χ0) is 14.1. The van der Waals surface area contributed by atoms with E-state index in [1.807, 2.05) is 6.92 Å². The van der Waals surface area contributed by atoms with Gasteiger partial charge in [-0.05, 0) is 20.3 Å². The number of nitrogens with one attached hydrogen (secondary N) is 1. The molecule has 0 saturated carbocycles. The molecule has 0 radical (unpaired) electrons. The van der Waals surface area contributed by atoms with Gasteiger partial charge in [0.2, 0.25) is 11.8 Å². The molecular weight excluding hydrogens is 256 g/mol. The molecule has 18 heavy (non-hydrogen) atoms. The lowest BCUT2D eigenvalue weighted by Crippen LogP contribution is -2.67. The van der Waals surface area contributed by atoms with Gasteiger partial charge in [-0.1, -0.05) is 6.92 Å². The second-order valence-corrected chi connectivity index (χ2v) is 7.29. The molecule has 0 aromatic rings. The Hall–Kier alpha value is -1.11. The van der Waals surface area contributed by atoms with Gasteiger partial charge in [0.05, 0.1) is 12.3 Å². The normalized spacial score (nSPS) is 27.0. The van der Waals surface area contributed by atoms with Gasteiger partial charge in [0.1, 0.15) is 15.4 Å². The SMILES string of the molecule is CCC1(C)NC(=O)CN(C(C)CS(C)(=O)=O)C1=O. The van der Waals surface area contributed by atoms with E-state index >= 15 is 0 Å². The largest absolute Gasteiger partial charge is 0.340 e. The maximum atomic E-state index is 12.3. The number of carbonyl (C=O) groups excluding carboxylic acids is 2. The van der Waals surface area contributed by atoms with Crippen LogP contribution in [0.4, 0.5) is 0 Å². The molecule has 1 N–H and O–H groups in total. The van der Waals surface area contributed by atoms with Crippen molar-refractivity contribution < 1.29 is 18.0 Å². The fourth-order valence-electron chi connectivity index (χ4n) is 2.07. The van der Waals surface area contributed by atoms with Gasteiger partial charge in [0, 0.05) is 12.3 Å². The maximum Gasteiger partial charge on any atom is 0.248 e. The molecule has 0 aliphatic carbocycles. The minimum absolute atomic E-state index is 0.0783. The summed E-state index contributed by atoms with van der Waals surface area (Å²) < 4.78 is 22.5. The number of hydrogen-bond donors (Lipinski definition) is 1. The van der Waals surface area contributed by atoms with E-state index in [1.54, 1.807) is 13.8 Å². The molecule has 0 aromatic carbocycles. The molecule has 1 saturated heterocycles. The summed E-state index contributed by atoms with van der Waals surface area (Å²) in [7, 11) is -3.18. The molecule has 1 aliphatic heterocycles. The van der Waals surface area contributed by atoms with Gasteiger partial charge in [-0.2, -0.15) is 0 Å². The van der Waals surface area contributed by atoms with Crippen LogP contribution in [0.15, 0.2) is 0 Å². The molecule has 7 heteroatoms. The summed E-state index contributed by atoms with van der Waals surface area (Å²) in [6, 6.07) is -0.496. The third-order valence-corrected chi connectivity index (χ3v) is 4.33. The van der Waals surface area contributed by atoms with Crippen LogP contribution < -0.4 is 5.32 Å². The summed E-state index contributed by atoms with van der Waals surface area (Å²) in [6.07, 6.45) is 1.59. The van der Waals surface area contributed by atoms with Crippen LogP contribution in [0, 0.1) is 0 Å². The molecule has 2 atom stereocenters. The molecule has 1 aliphatic rings. The van der Waals surface area contributed by atoms with Gasteiger partial charge in [0.15, 0.2) is 0 Å². The third kappa shape index (κ3) is 3.22. The Morgan fingerprint density at radius 2 is 2.00 bits per heavy atom. The lowest BCUT2D eigenvalue weighted by molar-refractivity contribution is -0.151. The zero-order valence-corrected chi connectivity index (χ0v) is 12.0. The number of piperazine rings is 1. The van der Waals surface area contributed by atoms with E-state index in [2.05, 4.69) is 5.32 Å². The van der Waals surface area contributed by atoms with Crippen molar-refractivity contribution in [2.45, 2.75) is 38.8 Å². The van der Waals surface area contributed by atoms with Gasteiger partial charge in [-0.15, -0.1) is 0 Å². The topological polar surface area (TPSA) is 83.6 Å². The van der Waals surface area contributed by atoms with Crippen LogP contribution in [0.5, 0.6) is 0 Å². The summed E-state index contributed by atoms with van der Waals surface area (Å²) in [5, 5.41) is 2.66. The molecule has 2 amide bonds. The molecule has 0 spiro atoms. The lowest BCUT2D eigenvalue weighted by Gasteiger charge is -2.41. The van der Waals surface area contributed by atoms with E-state index in [0.717, 1.165) is 6.26 Å². The Morgan fingerprint density at radius 1 is 1.44 bits per heavy atom. The first-order chi connectivity index (χ1) is 8.09. The number of hydrogen-bond acceptors (Lipinski definition) is 4. The van der Waals surface area contributed by atoms with E-state index in [4.69, 9.17) is 0 Å². The van der Waals surface area contributed by atoms with Crippen molar-refractivity contribution >= 4 is 21.7 Å². The van der Waals surface area contributed by atoms with Crippen molar-refractivity contribution in [3.8, 4) is 0 Å². The number of carbonyl (C=O) groups is 2. The van der Waals surface area contributed by atoms with E-state index in [-0.39, 0.29) is 24.1 Å². The molecule has 104 valence electrons. The van der Waals surface area contributed by atoms with Crippen LogP contribution in [-0.4, -0.2) is 55.3 Å². The Morgan fingerprint density at radius 3 is 2.44 bits per heavy atom. The highest BCUT2D eigenvalue weighted by Crippen LogP contribution is 2.20. The molecule has 1 fully saturated rings. The Bertz CT molecular complexity index is 460. The Labute approximate surface area is 108 Å². The molecule has 0 aromatic heterocycles. The minimum Gasteiger partial charge on any atom is -0.340 e. The van der Waals surface area contributed by atoms with E-state index in [9.17, 15) is 18.0 Å². The molecular formula is C11H20N2O4S. The lowest BCUT2D eigenvalue weighted by atomic mass is 9.93. The zero-order valence-electron chi connectivity index (χ0n) is 11.2. The molecule has 1 rings (SSSR count). The van der Waals surface area contributed by atoms with Crippen molar-refractivity contribution in [1.82, 2.24) is 10.2 Å². The third-order valence-electron chi connectivity index (χ3n) is 3.25. The first-order valence-corrected chi connectivity index (χ1v) is 7.95. The molecule has 2 unspecified atom stereocenters. The van der Waals surface area contributed by atoms with Crippen molar-refractivity contribution in [3.63, 3.8) is 0 Å². The second-order valence-electron chi connectivity index (χ2n) is 5.11. The van der Waals surface area contributed by atoms with E-state index in [1.165, 1.54) is 4.90 Å². The highest BCUT2D eigenvalue weighted by atomic mass is 32.2. The fourth-order valence-corrected chi connectivity index (χ4v) is 3.12. The summed E-state index contributed by atoms with van der Waals surface area (Å²) >= 11 is 0. The van der Waals surface area contributed by atoms with Crippen molar-refractivity contribution in [2.75, 3.05) is 18.6 Å². The van der Waals surface area contributed by atoms with Gasteiger partial charge < -0.3 is 10.2 Å². The van der Waals surface area contributed by atoms with Crippen LogP contribution in [0.3, 0.4) is 0 Å². The quantitative estimate of drug-likeness (QED) is 0.753. The van der Waals surface area contributed by atoms with Crippen LogP contribution in [0.2, 0.25) is 0 Å². The number of nitrogens with zero attached hydrogens (tertiary/aromatic N) is 1. The van der Waals surface area contributed by atoms with E-state index in [0.29, 0.717) is 6.42 Å². The first-order valence-electron chi connectivity index (χ1n) is 5.89. The van der Waals surface area contributed by atoms with Crippen LogP contribution in [-0.2, 0) is 19.4 Å². The van der Waals surface area contributed by atoms with Gasteiger partial charge in [-0.25, -0.2) is 8.42 Å². The smallest absolute Gasteiger partial charge is 0.248 e. The van der Waals surface area contributed by atoms with E-state index < -0.39 is 21.4 Å².